The number of nitrogens with one attached hydrogen (secondary N) is 1. The molecule has 0 bridgehead atoms. The Morgan fingerprint density at radius 3 is 2.79 bits per heavy atom. The van der Waals surface area contributed by atoms with Crippen molar-refractivity contribution in [2.24, 2.45) is 5.84 Å². The van der Waals surface area contributed by atoms with Crippen LogP contribution in [0.25, 0.3) is 0 Å². The predicted molar refractivity (Wildman–Crippen MR) is 73.0 cm³/mol. The van der Waals surface area contributed by atoms with Gasteiger partial charge in [-0.25, -0.2) is 10.8 Å². The molecule has 2 aromatic rings. The third kappa shape index (κ3) is 2.66. The molecule has 5 heteroatoms. The maximum absolute atomic E-state index is 5.74. The van der Waals surface area contributed by atoms with E-state index in [1.54, 1.807) is 12.3 Å². The number of hydrazine groups is 1. The second kappa shape index (κ2) is 5.24. The molecule has 0 unspecified atom stereocenters. The minimum absolute atomic E-state index is 0.343. The van der Waals surface area contributed by atoms with Gasteiger partial charge in [-0.1, -0.05) is 6.07 Å². The number of hydrogen-bond acceptors (Lipinski definition) is 5. The smallest absolute Gasteiger partial charge is 0.240 e. The lowest BCUT2D eigenvalue weighted by Crippen LogP contribution is -2.10. The van der Waals surface area contributed by atoms with Gasteiger partial charge in [-0.05, 0) is 48.9 Å². The van der Waals surface area contributed by atoms with Crippen LogP contribution in [0.2, 0.25) is 0 Å². The molecule has 3 N–H and O–H groups in total. The van der Waals surface area contributed by atoms with Gasteiger partial charge >= 0.3 is 0 Å². The number of nitrogen functional groups attached to an aromatic ring is 1. The molecular formula is C14H16N4O. The van der Waals surface area contributed by atoms with Crippen molar-refractivity contribution < 1.29 is 4.74 Å². The van der Waals surface area contributed by atoms with Crippen LogP contribution >= 0.6 is 0 Å². The molecule has 0 saturated heterocycles. The van der Waals surface area contributed by atoms with Gasteiger partial charge in [0.1, 0.15) is 5.75 Å². The molecule has 5 nitrogen and oxygen atoms in total. The highest BCUT2D eigenvalue weighted by molar-refractivity contribution is 5.39. The van der Waals surface area contributed by atoms with E-state index in [-0.39, 0.29) is 0 Å². The molecule has 0 fully saturated rings. The fraction of sp³-hybridized carbons (Fsp3) is 0.286. The normalized spacial score (nSPS) is 13.7. The quantitative estimate of drug-likeness (QED) is 0.651. The topological polar surface area (TPSA) is 73.1 Å². The monoisotopic (exact) mass is 256 g/mol. The SMILES string of the molecule is NNc1nccc(Oc2ccc3c(c2)CCCC3)n1. The van der Waals surface area contributed by atoms with Gasteiger partial charge < -0.3 is 4.74 Å². The van der Waals surface area contributed by atoms with E-state index in [1.807, 2.05) is 6.07 Å². The van der Waals surface area contributed by atoms with Crippen LogP contribution in [0.5, 0.6) is 11.6 Å². The lowest BCUT2D eigenvalue weighted by molar-refractivity contribution is 0.460. The van der Waals surface area contributed by atoms with Gasteiger partial charge in [0, 0.05) is 12.3 Å². The number of benzene rings is 1. The molecule has 3 rings (SSSR count). The van der Waals surface area contributed by atoms with Crippen LogP contribution < -0.4 is 16.0 Å². The molecule has 0 spiro atoms. The van der Waals surface area contributed by atoms with Crippen molar-refractivity contribution >= 4 is 5.95 Å². The van der Waals surface area contributed by atoms with E-state index in [1.165, 1.54) is 30.4 Å². The summed E-state index contributed by atoms with van der Waals surface area (Å²) in [4.78, 5) is 8.07. The fourth-order valence-corrected chi connectivity index (χ4v) is 2.36. The number of nitrogens with two attached hydrogens (primary N) is 1. The van der Waals surface area contributed by atoms with Gasteiger partial charge in [0.15, 0.2) is 0 Å². The Hall–Kier alpha value is -2.14. The van der Waals surface area contributed by atoms with Gasteiger partial charge in [-0.15, -0.1) is 0 Å². The predicted octanol–water partition coefficient (Wildman–Crippen LogP) is 2.43. The zero-order chi connectivity index (χ0) is 13.1. The molecule has 98 valence electrons. The summed E-state index contributed by atoms with van der Waals surface area (Å²) in [5.74, 6) is 6.91. The molecule has 1 aromatic heterocycles. The van der Waals surface area contributed by atoms with Crippen molar-refractivity contribution in [3.05, 3.63) is 41.6 Å². The maximum Gasteiger partial charge on any atom is 0.240 e. The summed E-state index contributed by atoms with van der Waals surface area (Å²) in [6.07, 6.45) is 6.45. The van der Waals surface area contributed by atoms with E-state index in [0.29, 0.717) is 11.8 Å². The first kappa shape index (κ1) is 11.9. The lowest BCUT2D eigenvalue weighted by Gasteiger charge is -2.16. The Balaban J connectivity index is 1.82. The average Bonchev–Trinajstić information content (AvgIpc) is 2.47. The van der Waals surface area contributed by atoms with Crippen LogP contribution in [0.4, 0.5) is 5.95 Å². The first-order chi connectivity index (χ1) is 9.35. The molecule has 1 heterocycles. The zero-order valence-electron chi connectivity index (χ0n) is 10.6. The molecule has 0 amide bonds. The summed E-state index contributed by atoms with van der Waals surface area (Å²) in [6.45, 7) is 0. The molecule has 1 aliphatic rings. The minimum atomic E-state index is 0.343. The summed E-state index contributed by atoms with van der Waals surface area (Å²) in [5.41, 5.74) is 5.22. The molecule has 1 aliphatic carbocycles. The summed E-state index contributed by atoms with van der Waals surface area (Å²) in [5, 5.41) is 0. The number of aromatic nitrogens is 2. The molecule has 0 radical (unpaired) electrons. The van der Waals surface area contributed by atoms with Crippen molar-refractivity contribution in [2.45, 2.75) is 25.7 Å². The molecule has 0 atom stereocenters. The standard InChI is InChI=1S/C14H16N4O/c15-18-14-16-8-7-13(17-14)19-12-6-5-10-3-1-2-4-11(10)9-12/h5-9H,1-4,15H2,(H,16,17,18). The highest BCUT2D eigenvalue weighted by atomic mass is 16.5. The largest absolute Gasteiger partial charge is 0.439 e. The summed E-state index contributed by atoms with van der Waals surface area (Å²) in [7, 11) is 0. The van der Waals surface area contributed by atoms with Gasteiger partial charge in [-0.3, -0.25) is 5.43 Å². The van der Waals surface area contributed by atoms with Crippen molar-refractivity contribution in [1.29, 1.82) is 0 Å². The van der Waals surface area contributed by atoms with E-state index >= 15 is 0 Å². The van der Waals surface area contributed by atoms with Gasteiger partial charge in [0.2, 0.25) is 11.8 Å². The zero-order valence-corrected chi connectivity index (χ0v) is 10.6. The van der Waals surface area contributed by atoms with E-state index in [4.69, 9.17) is 10.6 Å². The summed E-state index contributed by atoms with van der Waals surface area (Å²) < 4.78 is 5.74. The van der Waals surface area contributed by atoms with Crippen LogP contribution in [0, 0.1) is 0 Å². The minimum Gasteiger partial charge on any atom is -0.439 e. The van der Waals surface area contributed by atoms with Crippen molar-refractivity contribution in [3.8, 4) is 11.6 Å². The molecule has 0 saturated carbocycles. The van der Waals surface area contributed by atoms with E-state index in [2.05, 4.69) is 27.5 Å². The number of fused-ring (bicyclic) bond motifs is 1. The Labute approximate surface area is 111 Å². The van der Waals surface area contributed by atoms with E-state index in [9.17, 15) is 0 Å². The second-order valence-electron chi connectivity index (χ2n) is 4.60. The number of ether oxygens (including phenoxy) is 1. The van der Waals surface area contributed by atoms with Gasteiger partial charge in [0.25, 0.3) is 0 Å². The Morgan fingerprint density at radius 2 is 1.95 bits per heavy atom. The first-order valence-corrected chi connectivity index (χ1v) is 6.44. The summed E-state index contributed by atoms with van der Waals surface area (Å²) >= 11 is 0. The second-order valence-corrected chi connectivity index (χ2v) is 4.60. The Bertz CT molecular complexity index is 585. The number of nitrogens with zero attached hydrogens (tertiary/aromatic N) is 2. The van der Waals surface area contributed by atoms with E-state index < -0.39 is 0 Å². The van der Waals surface area contributed by atoms with Crippen LogP contribution in [-0.2, 0) is 12.8 Å². The molecule has 19 heavy (non-hydrogen) atoms. The maximum atomic E-state index is 5.74. The number of hydrogen-bond donors (Lipinski definition) is 2. The number of rotatable bonds is 3. The van der Waals surface area contributed by atoms with Crippen molar-refractivity contribution in [2.75, 3.05) is 5.43 Å². The highest BCUT2D eigenvalue weighted by Gasteiger charge is 2.10. The average molecular weight is 256 g/mol. The Kier molecular flexibility index (Phi) is 3.29. The van der Waals surface area contributed by atoms with E-state index in [0.717, 1.165) is 12.2 Å². The highest BCUT2D eigenvalue weighted by Crippen LogP contribution is 2.27. The van der Waals surface area contributed by atoms with Crippen molar-refractivity contribution in [1.82, 2.24) is 9.97 Å². The molecule has 1 aromatic carbocycles. The van der Waals surface area contributed by atoms with Crippen LogP contribution in [-0.4, -0.2) is 9.97 Å². The third-order valence-corrected chi connectivity index (χ3v) is 3.30. The Morgan fingerprint density at radius 1 is 1.11 bits per heavy atom. The molecular weight excluding hydrogens is 240 g/mol. The number of aryl methyl sites for hydroxylation is 2. The van der Waals surface area contributed by atoms with Gasteiger partial charge in [-0.2, -0.15) is 4.98 Å². The fourth-order valence-electron chi connectivity index (χ4n) is 2.36. The first-order valence-electron chi connectivity index (χ1n) is 6.44. The number of anilines is 1. The van der Waals surface area contributed by atoms with Crippen LogP contribution in [0.1, 0.15) is 24.0 Å². The summed E-state index contributed by atoms with van der Waals surface area (Å²) in [6, 6.07) is 7.95. The third-order valence-electron chi connectivity index (χ3n) is 3.30. The van der Waals surface area contributed by atoms with Crippen LogP contribution in [0.15, 0.2) is 30.5 Å². The molecule has 0 aliphatic heterocycles. The van der Waals surface area contributed by atoms with Crippen LogP contribution in [0.3, 0.4) is 0 Å². The lowest BCUT2D eigenvalue weighted by atomic mass is 9.92. The van der Waals surface area contributed by atoms with Crippen molar-refractivity contribution in [3.63, 3.8) is 0 Å². The van der Waals surface area contributed by atoms with Gasteiger partial charge in [0.05, 0.1) is 0 Å².